The average Bonchev–Trinajstić information content (AvgIpc) is 2.61. The molecule has 0 aliphatic rings. The first-order chi connectivity index (χ1) is 12.4. The molecule has 1 N–H and O–H groups in total. The molecule has 2 aromatic carbocycles. The summed E-state index contributed by atoms with van der Waals surface area (Å²) in [4.78, 5) is 23.1. The smallest absolute Gasteiger partial charge is 0.548 e. The molecule has 2 rings (SSSR count). The second-order valence-corrected chi connectivity index (χ2v) is 6.36. The summed E-state index contributed by atoms with van der Waals surface area (Å²) >= 11 is 6.01. The molecule has 0 bridgehead atoms. The number of carbonyl (C=O) groups excluding carboxylic acids is 2. The average molecular weight is 398 g/mol. The quantitative estimate of drug-likeness (QED) is 0.467. The monoisotopic (exact) mass is 397 g/mol. The van der Waals surface area contributed by atoms with Crippen molar-refractivity contribution in [1.82, 2.24) is 5.32 Å². The third-order valence-corrected chi connectivity index (χ3v) is 4.16. The second kappa shape index (κ2) is 11.5. The van der Waals surface area contributed by atoms with Crippen LogP contribution in [-0.2, 0) is 20.7 Å². The van der Waals surface area contributed by atoms with Crippen LogP contribution in [0.5, 0.6) is 0 Å². The fourth-order valence-corrected chi connectivity index (χ4v) is 2.77. The van der Waals surface area contributed by atoms with Crippen LogP contribution >= 0.6 is 11.6 Å². The van der Waals surface area contributed by atoms with Crippen LogP contribution in [0.1, 0.15) is 19.4 Å². The van der Waals surface area contributed by atoms with Crippen molar-refractivity contribution in [2.75, 3.05) is 6.61 Å². The van der Waals surface area contributed by atoms with Gasteiger partial charge >= 0.3 is 35.5 Å². The summed E-state index contributed by atoms with van der Waals surface area (Å²) in [6.07, 6.45) is 0.196. The van der Waals surface area contributed by atoms with Crippen LogP contribution < -0.4 is 40.0 Å². The maximum absolute atomic E-state index is 11.7. The molecule has 2 aromatic rings. The van der Waals surface area contributed by atoms with E-state index in [4.69, 9.17) is 16.3 Å². The molecule has 2 unspecified atom stereocenters. The van der Waals surface area contributed by atoms with Crippen LogP contribution in [0, 0.1) is 0 Å². The Balaban J connectivity index is 0.00000364. The first-order valence-corrected chi connectivity index (χ1v) is 8.77. The van der Waals surface area contributed by atoms with Gasteiger partial charge in [0.05, 0.1) is 18.6 Å². The van der Waals surface area contributed by atoms with Crippen molar-refractivity contribution in [2.24, 2.45) is 0 Å². The number of hydrogen-bond acceptors (Lipinski definition) is 5. The van der Waals surface area contributed by atoms with Crippen LogP contribution in [0.2, 0.25) is 5.02 Å². The SMILES string of the molecule is CCOC(=O)C(C)NC(Cc1ccc(-c2cccc(Cl)c2)cc1)C(=O)[O-].[Na+]. The number of hydrogen-bond donors (Lipinski definition) is 1. The molecule has 5 nitrogen and oxygen atoms in total. The zero-order valence-electron chi connectivity index (χ0n) is 15.7. The first-order valence-electron chi connectivity index (χ1n) is 8.39. The molecule has 0 aliphatic carbocycles. The second-order valence-electron chi connectivity index (χ2n) is 5.92. The Morgan fingerprint density at radius 1 is 1.15 bits per heavy atom. The molecular formula is C20H21ClNNaO4. The van der Waals surface area contributed by atoms with Crippen LogP contribution in [-0.4, -0.2) is 30.6 Å². The van der Waals surface area contributed by atoms with E-state index in [1.165, 1.54) is 0 Å². The van der Waals surface area contributed by atoms with E-state index in [9.17, 15) is 14.7 Å². The van der Waals surface area contributed by atoms with E-state index < -0.39 is 24.0 Å². The van der Waals surface area contributed by atoms with Crippen LogP contribution in [0.3, 0.4) is 0 Å². The Kier molecular flexibility index (Phi) is 10.1. The Labute approximate surface area is 186 Å². The summed E-state index contributed by atoms with van der Waals surface area (Å²) in [5, 5.41) is 14.8. The van der Waals surface area contributed by atoms with Crippen LogP contribution in [0.15, 0.2) is 48.5 Å². The van der Waals surface area contributed by atoms with E-state index in [0.29, 0.717) is 5.02 Å². The molecule has 0 radical (unpaired) electrons. The maximum atomic E-state index is 11.7. The molecule has 0 spiro atoms. The molecular weight excluding hydrogens is 377 g/mol. The number of esters is 1. The van der Waals surface area contributed by atoms with Gasteiger partial charge in [0.2, 0.25) is 0 Å². The summed E-state index contributed by atoms with van der Waals surface area (Å²) in [5.74, 6) is -1.75. The number of nitrogens with one attached hydrogen (secondary N) is 1. The zero-order valence-corrected chi connectivity index (χ0v) is 18.5. The summed E-state index contributed by atoms with van der Waals surface area (Å²) in [6.45, 7) is 3.50. The Morgan fingerprint density at radius 2 is 1.81 bits per heavy atom. The van der Waals surface area contributed by atoms with Crippen molar-refractivity contribution in [3.63, 3.8) is 0 Å². The van der Waals surface area contributed by atoms with Gasteiger partial charge in [-0.05, 0) is 49.1 Å². The molecule has 0 heterocycles. The van der Waals surface area contributed by atoms with Crippen molar-refractivity contribution in [3.8, 4) is 11.1 Å². The Hall–Kier alpha value is -1.37. The predicted octanol–water partition coefficient (Wildman–Crippen LogP) is -0.787. The van der Waals surface area contributed by atoms with E-state index in [0.717, 1.165) is 16.7 Å². The predicted molar refractivity (Wildman–Crippen MR) is 98.6 cm³/mol. The van der Waals surface area contributed by atoms with Gasteiger partial charge in [-0.25, -0.2) is 0 Å². The first kappa shape index (κ1) is 23.7. The van der Waals surface area contributed by atoms with E-state index in [2.05, 4.69) is 5.32 Å². The fourth-order valence-electron chi connectivity index (χ4n) is 2.58. The van der Waals surface area contributed by atoms with Crippen molar-refractivity contribution < 1.29 is 49.0 Å². The zero-order chi connectivity index (χ0) is 19.1. The van der Waals surface area contributed by atoms with Gasteiger partial charge in [0, 0.05) is 5.02 Å². The minimum absolute atomic E-state index is 0. The number of benzene rings is 2. The molecule has 0 aliphatic heterocycles. The number of carboxylic acids is 1. The molecule has 7 heteroatoms. The van der Waals surface area contributed by atoms with Gasteiger partial charge in [-0.15, -0.1) is 0 Å². The maximum Gasteiger partial charge on any atom is 1.00 e. The molecule has 2 atom stereocenters. The Morgan fingerprint density at radius 3 is 2.37 bits per heavy atom. The number of rotatable bonds is 8. The normalized spacial score (nSPS) is 12.6. The third-order valence-electron chi connectivity index (χ3n) is 3.93. The van der Waals surface area contributed by atoms with E-state index >= 15 is 0 Å². The van der Waals surface area contributed by atoms with Gasteiger partial charge in [0.1, 0.15) is 6.04 Å². The van der Waals surface area contributed by atoms with Gasteiger partial charge in [-0.3, -0.25) is 10.1 Å². The Bertz CT molecular complexity index is 767. The fraction of sp³-hybridized carbons (Fsp3) is 0.300. The van der Waals surface area contributed by atoms with Gasteiger partial charge in [0.15, 0.2) is 0 Å². The number of aliphatic carboxylic acids is 1. The van der Waals surface area contributed by atoms with E-state index in [1.807, 2.05) is 42.5 Å². The van der Waals surface area contributed by atoms with Crippen LogP contribution in [0.4, 0.5) is 0 Å². The molecule has 0 amide bonds. The molecule has 0 aromatic heterocycles. The molecule has 0 saturated carbocycles. The van der Waals surface area contributed by atoms with Crippen molar-refractivity contribution in [3.05, 3.63) is 59.1 Å². The summed E-state index contributed by atoms with van der Waals surface area (Å²) in [5.41, 5.74) is 2.78. The largest absolute Gasteiger partial charge is 1.00 e. The van der Waals surface area contributed by atoms with Gasteiger partial charge in [-0.2, -0.15) is 0 Å². The van der Waals surface area contributed by atoms with E-state index in [1.54, 1.807) is 19.9 Å². The topological polar surface area (TPSA) is 78.5 Å². The standard InChI is InChI=1S/C20H22ClNO4.Na/c1-3-26-20(25)13(2)22-18(19(23)24)11-14-7-9-15(10-8-14)16-5-4-6-17(21)12-16;/h4-10,12-13,18,22H,3,11H2,1-2H3,(H,23,24);/q;+1/p-1. The summed E-state index contributed by atoms with van der Waals surface area (Å²) in [7, 11) is 0. The van der Waals surface area contributed by atoms with Crippen molar-refractivity contribution in [2.45, 2.75) is 32.4 Å². The third kappa shape index (κ3) is 7.28. The van der Waals surface area contributed by atoms with Gasteiger partial charge in [0.25, 0.3) is 0 Å². The summed E-state index contributed by atoms with van der Waals surface area (Å²) < 4.78 is 4.88. The minimum Gasteiger partial charge on any atom is -0.548 e. The number of carboxylic acid groups (broad SMARTS) is 1. The van der Waals surface area contributed by atoms with Crippen LogP contribution in [0.25, 0.3) is 11.1 Å². The minimum atomic E-state index is -1.26. The molecule has 138 valence electrons. The molecule has 27 heavy (non-hydrogen) atoms. The van der Waals surface area contributed by atoms with Crippen molar-refractivity contribution in [1.29, 1.82) is 0 Å². The number of carbonyl (C=O) groups is 2. The number of ether oxygens (including phenoxy) is 1. The number of halogens is 1. The van der Waals surface area contributed by atoms with E-state index in [-0.39, 0.29) is 42.6 Å². The van der Waals surface area contributed by atoms with Crippen molar-refractivity contribution >= 4 is 23.5 Å². The molecule has 0 fully saturated rings. The van der Waals surface area contributed by atoms with Gasteiger partial charge < -0.3 is 14.6 Å². The molecule has 0 saturated heterocycles. The van der Waals surface area contributed by atoms with Gasteiger partial charge in [-0.1, -0.05) is 48.0 Å². The summed E-state index contributed by atoms with van der Waals surface area (Å²) in [6, 6.07) is 13.3.